The Hall–Kier alpha value is -2.24. The monoisotopic (exact) mass is 481 g/mol. The summed E-state index contributed by atoms with van der Waals surface area (Å²) >= 11 is 5.22. The molecule has 2 fully saturated rings. The molecule has 2 atom stereocenters. The first-order valence-corrected chi connectivity index (χ1v) is 10.6. The summed E-state index contributed by atoms with van der Waals surface area (Å²) in [6.07, 6.45) is -6.38. The van der Waals surface area contributed by atoms with Crippen LogP contribution in [0.3, 0.4) is 0 Å². The van der Waals surface area contributed by atoms with Crippen molar-refractivity contribution in [2.75, 3.05) is 32.5 Å². The molecule has 5 nitrogen and oxygen atoms in total. The van der Waals surface area contributed by atoms with E-state index in [1.807, 2.05) is 23.9 Å². The summed E-state index contributed by atoms with van der Waals surface area (Å²) in [5.41, 5.74) is -3.17. The lowest BCUT2D eigenvalue weighted by molar-refractivity contribution is -0.143. The lowest BCUT2D eigenvalue weighted by atomic mass is 9.91. The molecule has 1 aromatic carbocycles. The van der Waals surface area contributed by atoms with E-state index < -0.39 is 23.5 Å². The molecule has 1 saturated carbocycles. The van der Waals surface area contributed by atoms with Crippen molar-refractivity contribution < 1.29 is 26.3 Å². The summed E-state index contributed by atoms with van der Waals surface area (Å²) in [5.74, 6) is 0.857. The number of anilines is 1. The second kappa shape index (κ2) is 9.32. The van der Waals surface area contributed by atoms with E-state index in [-0.39, 0.29) is 28.9 Å². The third kappa shape index (κ3) is 5.96. The van der Waals surface area contributed by atoms with Crippen LogP contribution in [0.25, 0.3) is 0 Å². The summed E-state index contributed by atoms with van der Waals surface area (Å²) in [6.45, 7) is 1.72. The number of hydrogen-bond acceptors (Lipinski definition) is 2. The number of rotatable bonds is 3. The summed E-state index contributed by atoms with van der Waals surface area (Å²) in [7, 11) is 3.90. The molecule has 0 radical (unpaired) electrons. The van der Waals surface area contributed by atoms with E-state index in [2.05, 4.69) is 10.6 Å². The van der Waals surface area contributed by atoms with Crippen LogP contribution in [0, 0.1) is 0 Å². The Morgan fingerprint density at radius 1 is 0.938 bits per heavy atom. The molecule has 0 aromatic heterocycles. The second-order valence-corrected chi connectivity index (χ2v) is 8.53. The number of thiocarbonyl (C=S) groups is 1. The van der Waals surface area contributed by atoms with Gasteiger partial charge in [-0.2, -0.15) is 26.3 Å². The fraction of sp³-hybridized carbons (Fsp3) is 0.600. The Morgan fingerprint density at radius 2 is 1.47 bits per heavy atom. The van der Waals surface area contributed by atoms with Gasteiger partial charge in [0.2, 0.25) is 0 Å². The van der Waals surface area contributed by atoms with Gasteiger partial charge in [0.05, 0.1) is 23.2 Å². The van der Waals surface area contributed by atoms with E-state index in [1.54, 1.807) is 0 Å². The molecule has 3 rings (SSSR count). The smallest absolute Gasteiger partial charge is 0.358 e. The van der Waals surface area contributed by atoms with Crippen LogP contribution in [0.1, 0.15) is 36.8 Å². The molecule has 1 heterocycles. The van der Waals surface area contributed by atoms with E-state index in [9.17, 15) is 26.3 Å². The molecule has 0 amide bonds. The zero-order chi connectivity index (χ0) is 23.7. The van der Waals surface area contributed by atoms with Crippen LogP contribution in [0.5, 0.6) is 0 Å². The first kappa shape index (κ1) is 24.4. The largest absolute Gasteiger partial charge is 0.416 e. The van der Waals surface area contributed by atoms with Gasteiger partial charge >= 0.3 is 12.4 Å². The van der Waals surface area contributed by atoms with Crippen molar-refractivity contribution in [1.29, 1.82) is 0 Å². The molecule has 1 aliphatic heterocycles. The summed E-state index contributed by atoms with van der Waals surface area (Å²) < 4.78 is 78.5. The van der Waals surface area contributed by atoms with E-state index in [0.717, 1.165) is 44.7 Å². The third-order valence-corrected chi connectivity index (χ3v) is 5.85. The van der Waals surface area contributed by atoms with Gasteiger partial charge in [-0.1, -0.05) is 12.8 Å². The van der Waals surface area contributed by atoms with Crippen molar-refractivity contribution in [2.45, 2.75) is 50.1 Å². The minimum absolute atomic E-state index is 0.0392. The van der Waals surface area contributed by atoms with Crippen molar-refractivity contribution in [3.63, 3.8) is 0 Å². The topological polar surface area (TPSA) is 42.9 Å². The van der Waals surface area contributed by atoms with Gasteiger partial charge in [-0.05, 0) is 43.3 Å². The van der Waals surface area contributed by atoms with E-state index in [4.69, 9.17) is 17.2 Å². The molecule has 0 spiro atoms. The number of nitrogens with one attached hydrogen (secondary N) is 2. The maximum atomic E-state index is 13.1. The van der Waals surface area contributed by atoms with Gasteiger partial charge in [0.15, 0.2) is 11.1 Å². The maximum absolute atomic E-state index is 13.1. The fourth-order valence-electron chi connectivity index (χ4n) is 3.93. The minimum atomic E-state index is -4.92. The first-order chi connectivity index (χ1) is 14.8. The number of hydrogen-bond donors (Lipinski definition) is 2. The molecule has 0 unspecified atom stereocenters. The van der Waals surface area contributed by atoms with Crippen LogP contribution in [0.15, 0.2) is 23.2 Å². The molecule has 178 valence electrons. The molecule has 1 aromatic rings. The minimum Gasteiger partial charge on any atom is -0.358 e. The van der Waals surface area contributed by atoms with Crippen LogP contribution in [0.2, 0.25) is 0 Å². The molecule has 0 bridgehead atoms. The Bertz CT molecular complexity index is 825. The third-order valence-electron chi connectivity index (χ3n) is 5.63. The Kier molecular flexibility index (Phi) is 7.11. The van der Waals surface area contributed by atoms with Crippen LogP contribution in [-0.4, -0.2) is 60.1 Å². The first-order valence-electron chi connectivity index (χ1n) is 10.2. The fourth-order valence-corrected chi connectivity index (χ4v) is 4.20. The highest BCUT2D eigenvalue weighted by Crippen LogP contribution is 2.37. The SMILES string of the molecule is CN1CCN(C)C1=N[C@@H]1CCCC[C@H]1NC(=S)Nc1cc(C(F)(F)F)cc(C(F)(F)F)c1. The Morgan fingerprint density at radius 3 is 2.00 bits per heavy atom. The highest BCUT2D eigenvalue weighted by Gasteiger charge is 2.37. The lowest BCUT2D eigenvalue weighted by Gasteiger charge is -2.32. The number of alkyl halides is 6. The van der Waals surface area contributed by atoms with Crippen LogP contribution in [0.4, 0.5) is 32.0 Å². The normalized spacial score (nSPS) is 22.2. The molecular weight excluding hydrogens is 456 g/mol. The second-order valence-electron chi connectivity index (χ2n) is 8.12. The van der Waals surface area contributed by atoms with Gasteiger partial charge in [-0.3, -0.25) is 0 Å². The number of guanidine groups is 1. The number of benzene rings is 1. The Labute approximate surface area is 187 Å². The van der Waals surface area contributed by atoms with E-state index in [0.29, 0.717) is 12.1 Å². The zero-order valence-corrected chi connectivity index (χ0v) is 18.5. The van der Waals surface area contributed by atoms with Gasteiger partial charge in [0.25, 0.3) is 0 Å². The maximum Gasteiger partial charge on any atom is 0.416 e. The molecule has 2 aliphatic rings. The quantitative estimate of drug-likeness (QED) is 0.490. The van der Waals surface area contributed by atoms with Gasteiger partial charge in [-0.15, -0.1) is 0 Å². The zero-order valence-electron chi connectivity index (χ0n) is 17.6. The van der Waals surface area contributed by atoms with Crippen LogP contribution in [-0.2, 0) is 12.4 Å². The predicted octanol–water partition coefficient (Wildman–Crippen LogP) is 4.56. The molecular formula is C20H25F6N5S. The van der Waals surface area contributed by atoms with Gasteiger partial charge in [0.1, 0.15) is 0 Å². The summed E-state index contributed by atoms with van der Waals surface area (Å²) in [5, 5.41) is 5.51. The summed E-state index contributed by atoms with van der Waals surface area (Å²) in [6, 6.07) is 1.04. The molecule has 1 saturated heterocycles. The van der Waals surface area contributed by atoms with Crippen molar-refractivity contribution in [3.8, 4) is 0 Å². The van der Waals surface area contributed by atoms with Crippen LogP contribution < -0.4 is 10.6 Å². The highest BCUT2D eigenvalue weighted by atomic mass is 32.1. The van der Waals surface area contributed by atoms with Crippen molar-refractivity contribution in [2.24, 2.45) is 4.99 Å². The van der Waals surface area contributed by atoms with Gasteiger partial charge < -0.3 is 20.4 Å². The number of aliphatic imine (C=N–C) groups is 1. The van der Waals surface area contributed by atoms with Gasteiger partial charge in [0, 0.05) is 32.9 Å². The van der Waals surface area contributed by atoms with E-state index >= 15 is 0 Å². The number of likely N-dealkylation sites (N-methyl/N-ethyl adjacent to an activating group) is 2. The standard InChI is InChI=1S/C20H25F6N5S/c1-30-7-8-31(2)18(30)29-16-6-4-3-5-15(16)28-17(32)27-14-10-12(19(21,22)23)9-13(11-14)20(24,25)26/h9-11,15-16H,3-8H2,1-2H3,(H2,27,28,32)/t15-,16-/m1/s1. The van der Waals surface area contributed by atoms with Crippen LogP contribution >= 0.6 is 12.2 Å². The summed E-state index contributed by atoms with van der Waals surface area (Å²) in [4.78, 5) is 8.94. The predicted molar refractivity (Wildman–Crippen MR) is 115 cm³/mol. The number of halogens is 6. The van der Waals surface area contributed by atoms with Crippen molar-refractivity contribution in [1.82, 2.24) is 15.1 Å². The molecule has 32 heavy (non-hydrogen) atoms. The molecule has 1 aliphatic carbocycles. The highest BCUT2D eigenvalue weighted by molar-refractivity contribution is 7.80. The number of nitrogens with zero attached hydrogens (tertiary/aromatic N) is 3. The van der Waals surface area contributed by atoms with E-state index in [1.165, 1.54) is 0 Å². The average molecular weight is 482 g/mol. The molecule has 2 N–H and O–H groups in total. The Balaban J connectivity index is 1.76. The van der Waals surface area contributed by atoms with Crippen molar-refractivity contribution >= 4 is 29.0 Å². The van der Waals surface area contributed by atoms with Gasteiger partial charge in [-0.25, -0.2) is 4.99 Å². The average Bonchev–Trinajstić information content (AvgIpc) is 3.00. The van der Waals surface area contributed by atoms with Crippen molar-refractivity contribution in [3.05, 3.63) is 29.3 Å². The lowest BCUT2D eigenvalue weighted by Crippen LogP contribution is -2.47. The molecule has 12 heteroatoms.